The Morgan fingerprint density at radius 2 is 2.00 bits per heavy atom. The van der Waals surface area contributed by atoms with Gasteiger partial charge < -0.3 is 14.8 Å². The van der Waals surface area contributed by atoms with Gasteiger partial charge in [-0.05, 0) is 20.8 Å². The fraction of sp³-hybridized carbons (Fsp3) is 0.538. The first-order chi connectivity index (χ1) is 10.1. The minimum Gasteiger partial charge on any atom is -0.467 e. The van der Waals surface area contributed by atoms with E-state index in [1.54, 1.807) is 20.8 Å². The molecule has 0 unspecified atom stereocenters. The summed E-state index contributed by atoms with van der Waals surface area (Å²) in [6.07, 6.45) is 0.397. The molecule has 1 amide bonds. The molecule has 0 bridgehead atoms. The number of aromatic amines is 1. The quantitative estimate of drug-likeness (QED) is 0.730. The number of methoxy groups -OCH3 is 1. The largest absolute Gasteiger partial charge is 0.467 e. The molecule has 0 spiro atoms. The zero-order valence-corrected chi connectivity index (χ0v) is 12.8. The number of hydrogen-bond donors (Lipinski definition) is 2. The summed E-state index contributed by atoms with van der Waals surface area (Å²) in [7, 11) is 1.15. The van der Waals surface area contributed by atoms with E-state index in [9.17, 15) is 19.2 Å². The second kappa shape index (κ2) is 6.92. The lowest BCUT2D eigenvalue weighted by atomic mass is 10.2. The van der Waals surface area contributed by atoms with Gasteiger partial charge in [0.15, 0.2) is 0 Å². The van der Waals surface area contributed by atoms with Gasteiger partial charge in [-0.2, -0.15) is 0 Å². The number of amides is 1. The minimum absolute atomic E-state index is 0.207. The van der Waals surface area contributed by atoms with Crippen molar-refractivity contribution in [2.45, 2.75) is 39.0 Å². The second-order valence-electron chi connectivity index (χ2n) is 5.48. The Kier molecular flexibility index (Phi) is 5.50. The lowest BCUT2D eigenvalue weighted by Gasteiger charge is -2.22. The van der Waals surface area contributed by atoms with Crippen molar-refractivity contribution in [3.63, 3.8) is 0 Å². The van der Waals surface area contributed by atoms with E-state index in [0.717, 1.165) is 17.7 Å². The fourth-order valence-corrected chi connectivity index (χ4v) is 1.56. The van der Waals surface area contributed by atoms with E-state index in [1.807, 2.05) is 4.98 Å². The minimum atomic E-state index is -1.14. The first-order valence-electron chi connectivity index (χ1n) is 6.49. The Balaban J connectivity index is 2.90. The van der Waals surface area contributed by atoms with Gasteiger partial charge >= 0.3 is 17.8 Å². The molecule has 0 radical (unpaired) electrons. The van der Waals surface area contributed by atoms with Gasteiger partial charge in [0, 0.05) is 12.3 Å². The number of alkyl carbamates (subject to hydrolysis) is 1. The molecule has 2 N–H and O–H groups in total. The van der Waals surface area contributed by atoms with Gasteiger partial charge in [0.2, 0.25) is 0 Å². The summed E-state index contributed by atoms with van der Waals surface area (Å²) in [5, 5.41) is 2.33. The van der Waals surface area contributed by atoms with E-state index < -0.39 is 35.0 Å². The number of rotatable bonds is 4. The molecule has 1 aromatic rings. The molecule has 22 heavy (non-hydrogen) atoms. The third-order valence-electron chi connectivity index (χ3n) is 2.45. The van der Waals surface area contributed by atoms with Crippen molar-refractivity contribution in [1.29, 1.82) is 0 Å². The zero-order valence-electron chi connectivity index (χ0n) is 12.8. The molecule has 0 aliphatic rings. The Bertz CT molecular complexity index is 655. The molecule has 122 valence electrons. The second-order valence-corrected chi connectivity index (χ2v) is 5.48. The molecular formula is C13H19N3O6. The van der Waals surface area contributed by atoms with Crippen LogP contribution in [0, 0.1) is 0 Å². The highest BCUT2D eigenvalue weighted by atomic mass is 16.6. The number of ether oxygens (including phenoxy) is 2. The predicted molar refractivity (Wildman–Crippen MR) is 76.5 cm³/mol. The van der Waals surface area contributed by atoms with Gasteiger partial charge in [-0.15, -0.1) is 0 Å². The number of carbonyl (C=O) groups excluding carboxylic acids is 2. The van der Waals surface area contributed by atoms with Crippen molar-refractivity contribution in [1.82, 2.24) is 14.9 Å². The van der Waals surface area contributed by atoms with Gasteiger partial charge in [-0.3, -0.25) is 14.3 Å². The van der Waals surface area contributed by atoms with Crippen LogP contribution >= 0.6 is 0 Å². The molecule has 0 aliphatic heterocycles. The molecule has 1 atom stereocenters. The van der Waals surface area contributed by atoms with Crippen LogP contribution < -0.4 is 16.6 Å². The van der Waals surface area contributed by atoms with Crippen molar-refractivity contribution >= 4 is 12.1 Å². The SMILES string of the molecule is COC(=O)[C@H](Cn1ccc(=O)[nH]c1=O)NC(=O)OC(C)(C)C. The predicted octanol–water partition coefficient (Wildman–Crippen LogP) is -0.397. The number of carbonyl (C=O) groups is 2. The van der Waals surface area contributed by atoms with Crippen molar-refractivity contribution in [2.24, 2.45) is 0 Å². The van der Waals surface area contributed by atoms with Gasteiger partial charge in [-0.25, -0.2) is 14.4 Å². The Labute approximate surface area is 126 Å². The van der Waals surface area contributed by atoms with Crippen LogP contribution in [0.5, 0.6) is 0 Å². The van der Waals surface area contributed by atoms with E-state index >= 15 is 0 Å². The van der Waals surface area contributed by atoms with Crippen molar-refractivity contribution in [3.05, 3.63) is 33.1 Å². The maximum absolute atomic E-state index is 11.7. The Morgan fingerprint density at radius 1 is 1.36 bits per heavy atom. The highest BCUT2D eigenvalue weighted by molar-refractivity contribution is 5.81. The van der Waals surface area contributed by atoms with Crippen LogP contribution in [0.15, 0.2) is 21.9 Å². The standard InChI is InChI=1S/C13H19N3O6/c1-13(2,3)22-12(20)14-8(10(18)21-4)7-16-6-5-9(17)15-11(16)19/h5-6,8H,7H2,1-4H3,(H,14,20)(H,15,17,19)/t8-/m0/s1. The fourth-order valence-electron chi connectivity index (χ4n) is 1.56. The van der Waals surface area contributed by atoms with Crippen molar-refractivity contribution in [3.8, 4) is 0 Å². The van der Waals surface area contributed by atoms with Crippen LogP contribution in [-0.2, 0) is 20.8 Å². The normalized spacial score (nSPS) is 12.4. The van der Waals surface area contributed by atoms with Gasteiger partial charge in [-0.1, -0.05) is 0 Å². The summed E-state index contributed by atoms with van der Waals surface area (Å²) in [5.41, 5.74) is -2.00. The number of hydrogen-bond acceptors (Lipinski definition) is 6. The molecule has 1 rings (SSSR count). The number of nitrogens with one attached hydrogen (secondary N) is 2. The number of nitrogens with zero attached hydrogens (tertiary/aromatic N) is 1. The zero-order chi connectivity index (χ0) is 16.9. The molecule has 0 saturated carbocycles. The smallest absolute Gasteiger partial charge is 0.408 e. The first-order valence-corrected chi connectivity index (χ1v) is 6.49. The average Bonchev–Trinajstić information content (AvgIpc) is 2.37. The van der Waals surface area contributed by atoms with Gasteiger partial charge in [0.05, 0.1) is 13.7 Å². The molecule has 0 aliphatic carbocycles. The number of aromatic nitrogens is 2. The molecule has 0 saturated heterocycles. The Hall–Kier alpha value is -2.58. The summed E-state index contributed by atoms with van der Waals surface area (Å²) < 4.78 is 10.7. The van der Waals surface area contributed by atoms with Crippen LogP contribution in [0.4, 0.5) is 4.79 Å². The molecule has 0 fully saturated rings. The maximum atomic E-state index is 11.7. The van der Waals surface area contributed by atoms with Crippen LogP contribution in [0.3, 0.4) is 0 Å². The first kappa shape index (κ1) is 17.5. The van der Waals surface area contributed by atoms with E-state index in [1.165, 1.54) is 6.20 Å². The van der Waals surface area contributed by atoms with Crippen LogP contribution in [0.25, 0.3) is 0 Å². The van der Waals surface area contributed by atoms with Crippen molar-refractivity contribution in [2.75, 3.05) is 7.11 Å². The highest BCUT2D eigenvalue weighted by Crippen LogP contribution is 2.07. The lowest BCUT2D eigenvalue weighted by Crippen LogP contribution is -2.48. The van der Waals surface area contributed by atoms with E-state index in [0.29, 0.717) is 0 Å². The van der Waals surface area contributed by atoms with E-state index in [2.05, 4.69) is 10.1 Å². The average molecular weight is 313 g/mol. The molecule has 1 heterocycles. The monoisotopic (exact) mass is 313 g/mol. The summed E-state index contributed by atoms with van der Waals surface area (Å²) >= 11 is 0. The molecule has 9 nitrogen and oxygen atoms in total. The summed E-state index contributed by atoms with van der Waals surface area (Å²) in [5.74, 6) is -0.746. The highest BCUT2D eigenvalue weighted by Gasteiger charge is 2.25. The van der Waals surface area contributed by atoms with Gasteiger partial charge in [0.25, 0.3) is 5.56 Å². The summed E-state index contributed by atoms with van der Waals surface area (Å²) in [6, 6.07) is -0.00750. The number of H-pyrrole nitrogens is 1. The molecule has 1 aromatic heterocycles. The van der Waals surface area contributed by atoms with Gasteiger partial charge in [0.1, 0.15) is 11.6 Å². The molecular weight excluding hydrogens is 294 g/mol. The molecule has 0 aromatic carbocycles. The van der Waals surface area contributed by atoms with Crippen LogP contribution in [-0.4, -0.2) is 40.4 Å². The third kappa shape index (κ3) is 5.43. The summed E-state index contributed by atoms with van der Waals surface area (Å²) in [4.78, 5) is 48.1. The Morgan fingerprint density at radius 3 is 2.50 bits per heavy atom. The van der Waals surface area contributed by atoms with Crippen molar-refractivity contribution < 1.29 is 19.1 Å². The maximum Gasteiger partial charge on any atom is 0.408 e. The summed E-state index contributed by atoms with van der Waals surface area (Å²) in [6.45, 7) is 4.81. The van der Waals surface area contributed by atoms with E-state index in [-0.39, 0.29) is 6.54 Å². The van der Waals surface area contributed by atoms with Crippen LogP contribution in [0.2, 0.25) is 0 Å². The molecule has 9 heteroatoms. The number of esters is 1. The van der Waals surface area contributed by atoms with Crippen LogP contribution in [0.1, 0.15) is 20.8 Å². The lowest BCUT2D eigenvalue weighted by molar-refractivity contribution is -0.143. The topological polar surface area (TPSA) is 119 Å². The van der Waals surface area contributed by atoms with E-state index in [4.69, 9.17) is 4.74 Å². The third-order valence-corrected chi connectivity index (χ3v) is 2.45.